The smallest absolute Gasteiger partial charge is 0.264 e. The molecule has 35 heavy (non-hydrogen) atoms. The lowest BCUT2D eigenvalue weighted by Crippen LogP contribution is -2.38. The minimum absolute atomic E-state index is 0.0498. The molecule has 3 aromatic carbocycles. The van der Waals surface area contributed by atoms with E-state index in [4.69, 9.17) is 4.74 Å². The summed E-state index contributed by atoms with van der Waals surface area (Å²) in [5.74, 6) is -0.472. The second-order valence-electron chi connectivity index (χ2n) is 8.77. The third-order valence-corrected chi connectivity index (χ3v) is 8.93. The highest BCUT2D eigenvalue weighted by Crippen LogP contribution is 2.32. The molecule has 0 bridgehead atoms. The fraction of sp³-hybridized carbons (Fsp3) is 0.296. The first-order valence-corrected chi connectivity index (χ1v) is 14.3. The van der Waals surface area contributed by atoms with Gasteiger partial charge in [-0.2, -0.15) is 0 Å². The molecule has 8 heteroatoms. The van der Waals surface area contributed by atoms with Crippen LogP contribution in [-0.2, 0) is 27.7 Å². The molecular formula is C27H29Br2NO4S. The zero-order valence-corrected chi connectivity index (χ0v) is 24.1. The normalized spacial score (nSPS) is 11.7. The molecule has 0 unspecified atom stereocenters. The standard InChI is InChI=1S/C27H29Br2NO4S/c1-17(2)22-16-26(18(3)13-25(22)34-4)35(32,33)30-27(31)21(14-19-9-5-7-11-23(19)28)15-20-10-6-8-12-24(20)29/h5-13,16-17,21H,14-15H2,1-4H3,(H,30,31). The van der Waals surface area contributed by atoms with E-state index in [1.165, 1.54) is 0 Å². The number of nitrogens with one attached hydrogen (secondary N) is 1. The summed E-state index contributed by atoms with van der Waals surface area (Å²) in [6.45, 7) is 5.63. The largest absolute Gasteiger partial charge is 0.496 e. The number of carbonyl (C=O) groups excluding carboxylic acids is 1. The van der Waals surface area contributed by atoms with Crippen LogP contribution in [0.1, 0.15) is 42.0 Å². The van der Waals surface area contributed by atoms with Gasteiger partial charge in [-0.3, -0.25) is 4.79 Å². The molecule has 3 aromatic rings. The lowest BCUT2D eigenvalue weighted by molar-refractivity contribution is -0.123. The zero-order chi connectivity index (χ0) is 25.8. The minimum atomic E-state index is -4.10. The van der Waals surface area contributed by atoms with E-state index in [1.54, 1.807) is 26.2 Å². The summed E-state index contributed by atoms with van der Waals surface area (Å²) in [6.07, 6.45) is 0.756. The summed E-state index contributed by atoms with van der Waals surface area (Å²) in [4.78, 5) is 13.6. The highest BCUT2D eigenvalue weighted by molar-refractivity contribution is 9.10. The maximum atomic E-state index is 13.5. The van der Waals surface area contributed by atoms with Crippen molar-refractivity contribution in [3.05, 3.63) is 91.9 Å². The average molecular weight is 623 g/mol. The Hall–Kier alpha value is -2.16. The Labute approximate surface area is 224 Å². The van der Waals surface area contributed by atoms with Gasteiger partial charge in [-0.15, -0.1) is 0 Å². The molecule has 0 heterocycles. The maximum absolute atomic E-state index is 13.5. The molecule has 0 aliphatic carbocycles. The van der Waals surface area contributed by atoms with Gasteiger partial charge in [0.2, 0.25) is 5.91 Å². The highest BCUT2D eigenvalue weighted by Gasteiger charge is 2.28. The molecule has 5 nitrogen and oxygen atoms in total. The summed E-state index contributed by atoms with van der Waals surface area (Å²) in [5.41, 5.74) is 3.14. The number of rotatable bonds is 9. The predicted molar refractivity (Wildman–Crippen MR) is 146 cm³/mol. The van der Waals surface area contributed by atoms with Gasteiger partial charge < -0.3 is 4.74 Å². The summed E-state index contributed by atoms with van der Waals surface area (Å²) in [5, 5.41) is 0. The maximum Gasteiger partial charge on any atom is 0.264 e. The average Bonchev–Trinajstić information content (AvgIpc) is 2.80. The first kappa shape index (κ1) is 27.4. The molecule has 0 saturated carbocycles. The predicted octanol–water partition coefficient (Wildman–Crippen LogP) is 6.56. The monoisotopic (exact) mass is 621 g/mol. The van der Waals surface area contributed by atoms with Gasteiger partial charge in [0.1, 0.15) is 5.75 Å². The van der Waals surface area contributed by atoms with E-state index in [0.717, 1.165) is 25.6 Å². The molecular weight excluding hydrogens is 594 g/mol. The van der Waals surface area contributed by atoms with Crippen LogP contribution in [0.15, 0.2) is 74.5 Å². The van der Waals surface area contributed by atoms with Gasteiger partial charge in [-0.1, -0.05) is 82.1 Å². The van der Waals surface area contributed by atoms with Gasteiger partial charge in [0, 0.05) is 14.9 Å². The van der Waals surface area contributed by atoms with E-state index in [0.29, 0.717) is 24.2 Å². The second-order valence-corrected chi connectivity index (χ2v) is 12.1. The van der Waals surface area contributed by atoms with E-state index in [9.17, 15) is 13.2 Å². The topological polar surface area (TPSA) is 72.5 Å². The van der Waals surface area contributed by atoms with Crippen molar-refractivity contribution in [3.8, 4) is 5.75 Å². The Morgan fingerprint density at radius 1 is 0.943 bits per heavy atom. The molecule has 0 radical (unpaired) electrons. The van der Waals surface area contributed by atoms with E-state index >= 15 is 0 Å². The quantitative estimate of drug-likeness (QED) is 0.293. The third kappa shape index (κ3) is 6.74. The molecule has 0 aliphatic heterocycles. The van der Waals surface area contributed by atoms with Gasteiger partial charge in [-0.25, -0.2) is 13.1 Å². The van der Waals surface area contributed by atoms with E-state index in [1.807, 2.05) is 62.4 Å². The van der Waals surface area contributed by atoms with Crippen LogP contribution in [-0.4, -0.2) is 21.4 Å². The highest BCUT2D eigenvalue weighted by atomic mass is 79.9. The number of halogens is 2. The van der Waals surface area contributed by atoms with Crippen molar-refractivity contribution in [3.63, 3.8) is 0 Å². The van der Waals surface area contributed by atoms with Crippen molar-refractivity contribution in [2.24, 2.45) is 5.92 Å². The fourth-order valence-electron chi connectivity index (χ4n) is 3.98. The van der Waals surface area contributed by atoms with Crippen molar-refractivity contribution >= 4 is 47.8 Å². The Morgan fingerprint density at radius 2 is 1.46 bits per heavy atom. The van der Waals surface area contributed by atoms with Gasteiger partial charge in [0.05, 0.1) is 12.0 Å². The number of aryl methyl sites for hydroxylation is 1. The van der Waals surface area contributed by atoms with Crippen LogP contribution in [0, 0.1) is 12.8 Å². The Morgan fingerprint density at radius 3 is 1.91 bits per heavy atom. The summed E-state index contributed by atoms with van der Waals surface area (Å²) in [6, 6.07) is 18.6. The van der Waals surface area contributed by atoms with Gasteiger partial charge >= 0.3 is 0 Å². The number of sulfonamides is 1. The van der Waals surface area contributed by atoms with E-state index in [-0.39, 0.29) is 10.8 Å². The van der Waals surface area contributed by atoms with Crippen LogP contribution in [0.3, 0.4) is 0 Å². The molecule has 0 atom stereocenters. The van der Waals surface area contributed by atoms with Gasteiger partial charge in [0.25, 0.3) is 10.0 Å². The van der Waals surface area contributed by atoms with Crippen molar-refractivity contribution in [2.45, 2.75) is 44.4 Å². The van der Waals surface area contributed by atoms with Crippen molar-refractivity contribution < 1.29 is 17.9 Å². The number of methoxy groups -OCH3 is 1. The second kappa shape index (κ2) is 11.7. The van der Waals surface area contributed by atoms with Crippen molar-refractivity contribution in [1.29, 1.82) is 0 Å². The van der Waals surface area contributed by atoms with Crippen molar-refractivity contribution in [1.82, 2.24) is 4.72 Å². The molecule has 1 N–H and O–H groups in total. The molecule has 1 amide bonds. The van der Waals surface area contributed by atoms with E-state index in [2.05, 4.69) is 36.6 Å². The Kier molecular flexibility index (Phi) is 9.18. The van der Waals surface area contributed by atoms with Crippen LogP contribution < -0.4 is 9.46 Å². The molecule has 0 aromatic heterocycles. The molecule has 0 spiro atoms. The van der Waals surface area contributed by atoms with Crippen LogP contribution in [0.2, 0.25) is 0 Å². The summed E-state index contributed by atoms with van der Waals surface area (Å²) < 4.78 is 36.3. The van der Waals surface area contributed by atoms with Crippen LogP contribution >= 0.6 is 31.9 Å². The van der Waals surface area contributed by atoms with E-state index < -0.39 is 21.8 Å². The lowest BCUT2D eigenvalue weighted by Gasteiger charge is -2.20. The lowest BCUT2D eigenvalue weighted by atomic mass is 9.92. The third-order valence-electron chi connectivity index (χ3n) is 5.89. The number of carbonyl (C=O) groups is 1. The minimum Gasteiger partial charge on any atom is -0.496 e. The number of hydrogen-bond acceptors (Lipinski definition) is 4. The Balaban J connectivity index is 1.96. The SMILES string of the molecule is COc1cc(C)c(S(=O)(=O)NC(=O)C(Cc2ccccc2Br)Cc2ccccc2Br)cc1C(C)C. The summed E-state index contributed by atoms with van der Waals surface area (Å²) in [7, 11) is -2.54. The first-order valence-electron chi connectivity index (χ1n) is 11.3. The number of benzene rings is 3. The molecule has 186 valence electrons. The molecule has 3 rings (SSSR count). The van der Waals surface area contributed by atoms with Crippen LogP contribution in [0.4, 0.5) is 0 Å². The zero-order valence-electron chi connectivity index (χ0n) is 20.1. The van der Waals surface area contributed by atoms with Crippen LogP contribution in [0.5, 0.6) is 5.75 Å². The van der Waals surface area contributed by atoms with Crippen LogP contribution in [0.25, 0.3) is 0 Å². The van der Waals surface area contributed by atoms with Gasteiger partial charge in [-0.05, 0) is 72.2 Å². The number of amides is 1. The molecule has 0 saturated heterocycles. The Bertz CT molecular complexity index is 1280. The first-order chi connectivity index (χ1) is 16.5. The number of hydrogen-bond donors (Lipinski definition) is 1. The molecule has 0 fully saturated rings. The number of ether oxygens (including phenoxy) is 1. The van der Waals surface area contributed by atoms with Crippen molar-refractivity contribution in [2.75, 3.05) is 7.11 Å². The fourth-order valence-corrected chi connectivity index (χ4v) is 6.18. The molecule has 0 aliphatic rings. The van der Waals surface area contributed by atoms with Gasteiger partial charge in [0.15, 0.2) is 0 Å². The summed E-state index contributed by atoms with van der Waals surface area (Å²) >= 11 is 7.09.